The molecule has 0 bridgehead atoms. The molecule has 1 radical (unpaired) electrons. The topological polar surface area (TPSA) is 19.9 Å². The fraction of sp³-hybridized carbons (Fsp3) is 0.818. The van der Waals surface area contributed by atoms with Gasteiger partial charge in [0.25, 0.3) is 0 Å². The van der Waals surface area contributed by atoms with E-state index in [1.54, 1.807) is 0 Å². The summed E-state index contributed by atoms with van der Waals surface area (Å²) in [5.74, 6) is 0. The van der Waals surface area contributed by atoms with Crippen LogP contribution in [-0.2, 0) is 5.11 Å². The van der Waals surface area contributed by atoms with Gasteiger partial charge in [-0.15, -0.1) is 6.58 Å². The van der Waals surface area contributed by atoms with E-state index in [-0.39, 0.29) is 6.61 Å². The molecule has 0 saturated heterocycles. The summed E-state index contributed by atoms with van der Waals surface area (Å²) in [6, 6.07) is 0. The minimum Gasteiger partial charge on any atom is -0.237 e. The molecule has 1 heteroatoms. The first-order valence-corrected chi connectivity index (χ1v) is 5.11. The Morgan fingerprint density at radius 2 is 1.33 bits per heavy atom. The SMILES string of the molecule is C=CCCCCCCCCC[O]. The third kappa shape index (κ3) is 9.70. The van der Waals surface area contributed by atoms with Gasteiger partial charge in [0.2, 0.25) is 0 Å². The lowest BCUT2D eigenvalue weighted by Crippen LogP contribution is -1.82. The lowest BCUT2D eigenvalue weighted by Gasteiger charge is -1.98. The van der Waals surface area contributed by atoms with Crippen LogP contribution in [0.15, 0.2) is 12.7 Å². The van der Waals surface area contributed by atoms with Crippen LogP contribution < -0.4 is 0 Å². The van der Waals surface area contributed by atoms with E-state index in [9.17, 15) is 5.11 Å². The molecule has 0 aliphatic carbocycles. The fourth-order valence-electron chi connectivity index (χ4n) is 1.27. The van der Waals surface area contributed by atoms with Crippen LogP contribution in [0.1, 0.15) is 51.4 Å². The molecule has 0 N–H and O–H groups in total. The largest absolute Gasteiger partial charge is 0.237 e. The van der Waals surface area contributed by atoms with E-state index in [0.717, 1.165) is 19.3 Å². The summed E-state index contributed by atoms with van der Waals surface area (Å²) in [6.07, 6.45) is 11.6. The number of hydrogen-bond acceptors (Lipinski definition) is 0. The molecule has 71 valence electrons. The highest BCUT2D eigenvalue weighted by Crippen LogP contribution is 2.08. The van der Waals surface area contributed by atoms with Crippen LogP contribution in [0.5, 0.6) is 0 Å². The monoisotopic (exact) mass is 169 g/mol. The fourth-order valence-corrected chi connectivity index (χ4v) is 1.27. The second-order valence-corrected chi connectivity index (χ2v) is 3.26. The van der Waals surface area contributed by atoms with Crippen LogP contribution >= 0.6 is 0 Å². The summed E-state index contributed by atoms with van der Waals surface area (Å²) in [5, 5.41) is 10.1. The predicted octanol–water partition coefficient (Wildman–Crippen LogP) is 3.72. The van der Waals surface area contributed by atoms with E-state index in [4.69, 9.17) is 0 Å². The van der Waals surface area contributed by atoms with Gasteiger partial charge >= 0.3 is 0 Å². The lowest BCUT2D eigenvalue weighted by atomic mass is 10.1. The molecule has 0 aromatic heterocycles. The molecule has 0 rings (SSSR count). The Morgan fingerprint density at radius 3 is 1.83 bits per heavy atom. The Hall–Kier alpha value is -0.300. The standard InChI is InChI=1S/C11H21O/c1-2-3-4-5-6-7-8-9-10-11-12/h2H,1,3-11H2. The molecular weight excluding hydrogens is 148 g/mol. The first-order chi connectivity index (χ1) is 5.91. The van der Waals surface area contributed by atoms with Crippen LogP contribution in [0, 0.1) is 0 Å². The van der Waals surface area contributed by atoms with Gasteiger partial charge in [0.05, 0.1) is 6.61 Å². The summed E-state index contributed by atoms with van der Waals surface area (Å²) in [6.45, 7) is 3.79. The molecule has 0 spiro atoms. The van der Waals surface area contributed by atoms with E-state index < -0.39 is 0 Å². The van der Waals surface area contributed by atoms with Crippen molar-refractivity contribution in [2.75, 3.05) is 6.61 Å². The smallest absolute Gasteiger partial charge is 0.0822 e. The van der Waals surface area contributed by atoms with Gasteiger partial charge in [-0.2, -0.15) is 0 Å². The number of unbranched alkanes of at least 4 members (excludes halogenated alkanes) is 7. The third-order valence-electron chi connectivity index (χ3n) is 2.05. The maximum atomic E-state index is 10.1. The normalized spacial score (nSPS) is 10.1. The van der Waals surface area contributed by atoms with Crippen molar-refractivity contribution in [2.24, 2.45) is 0 Å². The number of hydrogen-bond donors (Lipinski definition) is 0. The summed E-state index contributed by atoms with van der Waals surface area (Å²) in [4.78, 5) is 0. The van der Waals surface area contributed by atoms with E-state index in [0.29, 0.717) is 0 Å². The zero-order valence-electron chi connectivity index (χ0n) is 8.06. The van der Waals surface area contributed by atoms with Crippen LogP contribution in [-0.4, -0.2) is 6.61 Å². The van der Waals surface area contributed by atoms with E-state index in [1.165, 1.54) is 32.1 Å². The summed E-state index contributed by atoms with van der Waals surface area (Å²) in [5.41, 5.74) is 0. The van der Waals surface area contributed by atoms with Crippen molar-refractivity contribution in [3.63, 3.8) is 0 Å². The van der Waals surface area contributed by atoms with Crippen molar-refractivity contribution in [3.8, 4) is 0 Å². The third-order valence-corrected chi connectivity index (χ3v) is 2.05. The Labute approximate surface area is 76.5 Å². The second-order valence-electron chi connectivity index (χ2n) is 3.26. The van der Waals surface area contributed by atoms with Gasteiger partial charge < -0.3 is 0 Å². The number of rotatable bonds is 9. The molecule has 0 saturated carbocycles. The summed E-state index contributed by atoms with van der Waals surface area (Å²) < 4.78 is 0. The average molecular weight is 169 g/mol. The maximum absolute atomic E-state index is 10.1. The average Bonchev–Trinajstić information content (AvgIpc) is 2.10. The Balaban J connectivity index is 2.77. The second kappa shape index (κ2) is 10.7. The van der Waals surface area contributed by atoms with Crippen molar-refractivity contribution in [3.05, 3.63) is 12.7 Å². The van der Waals surface area contributed by atoms with E-state index in [2.05, 4.69) is 6.58 Å². The van der Waals surface area contributed by atoms with Crippen LogP contribution in [0.2, 0.25) is 0 Å². The Bertz CT molecular complexity index is 89.0. The maximum Gasteiger partial charge on any atom is 0.0822 e. The van der Waals surface area contributed by atoms with E-state index >= 15 is 0 Å². The summed E-state index contributed by atoms with van der Waals surface area (Å²) in [7, 11) is 0. The highest BCUT2D eigenvalue weighted by molar-refractivity contribution is 4.65. The lowest BCUT2D eigenvalue weighted by molar-refractivity contribution is 0.186. The van der Waals surface area contributed by atoms with Gasteiger partial charge in [-0.25, -0.2) is 5.11 Å². The molecule has 0 heterocycles. The van der Waals surface area contributed by atoms with Crippen LogP contribution in [0.25, 0.3) is 0 Å². The molecule has 1 nitrogen and oxygen atoms in total. The molecule has 0 atom stereocenters. The van der Waals surface area contributed by atoms with Gasteiger partial charge in [0, 0.05) is 0 Å². The predicted molar refractivity (Wildman–Crippen MR) is 52.7 cm³/mol. The van der Waals surface area contributed by atoms with E-state index in [1.807, 2.05) is 6.08 Å². The van der Waals surface area contributed by atoms with Gasteiger partial charge in [-0.1, -0.05) is 38.2 Å². The van der Waals surface area contributed by atoms with Crippen molar-refractivity contribution in [2.45, 2.75) is 51.4 Å². The minimum atomic E-state index is 0.108. The van der Waals surface area contributed by atoms with Crippen molar-refractivity contribution in [1.29, 1.82) is 0 Å². The molecule has 0 aromatic carbocycles. The summed E-state index contributed by atoms with van der Waals surface area (Å²) >= 11 is 0. The Morgan fingerprint density at radius 1 is 0.833 bits per heavy atom. The zero-order valence-corrected chi connectivity index (χ0v) is 8.06. The number of allylic oxidation sites excluding steroid dienone is 1. The highest BCUT2D eigenvalue weighted by atomic mass is 16.2. The van der Waals surface area contributed by atoms with Gasteiger partial charge in [0.15, 0.2) is 0 Å². The molecule has 0 unspecified atom stereocenters. The van der Waals surface area contributed by atoms with Gasteiger partial charge in [-0.05, 0) is 19.3 Å². The molecule has 12 heavy (non-hydrogen) atoms. The van der Waals surface area contributed by atoms with Crippen LogP contribution in [0.4, 0.5) is 0 Å². The molecule has 0 amide bonds. The highest BCUT2D eigenvalue weighted by Gasteiger charge is 1.90. The molecule has 0 aromatic rings. The molecule has 0 aliphatic heterocycles. The first-order valence-electron chi connectivity index (χ1n) is 5.11. The first kappa shape index (κ1) is 11.7. The molecule has 0 aliphatic rings. The molecular formula is C11H21O. The van der Waals surface area contributed by atoms with Gasteiger partial charge in [-0.3, -0.25) is 0 Å². The van der Waals surface area contributed by atoms with Crippen molar-refractivity contribution >= 4 is 0 Å². The quantitative estimate of drug-likeness (QED) is 0.370. The van der Waals surface area contributed by atoms with Gasteiger partial charge in [0.1, 0.15) is 0 Å². The minimum absolute atomic E-state index is 0.108. The zero-order chi connectivity index (χ0) is 9.07. The Kier molecular flexibility index (Phi) is 10.4. The van der Waals surface area contributed by atoms with Crippen molar-refractivity contribution in [1.82, 2.24) is 0 Å². The van der Waals surface area contributed by atoms with Crippen LogP contribution in [0.3, 0.4) is 0 Å². The molecule has 0 fully saturated rings. The van der Waals surface area contributed by atoms with Crippen molar-refractivity contribution < 1.29 is 5.11 Å².